The van der Waals surface area contributed by atoms with Gasteiger partial charge in [-0.1, -0.05) is 18.1 Å². The number of rotatable bonds is 5. The van der Waals surface area contributed by atoms with E-state index in [0.717, 1.165) is 0 Å². The largest absolute Gasteiger partial charge is 0.465 e. The standard InChI is InChI=1S/C18H16FNO3/c1-3-18(12-21,14-6-8-15(19)9-7-14)20-16-10-4-13(5-11-16)17(22)23-2/h1,4-11,20-21H,12H2,2H3/t18-/m0/s1. The van der Waals surface area contributed by atoms with E-state index in [0.29, 0.717) is 16.8 Å². The molecule has 2 N–H and O–H groups in total. The highest BCUT2D eigenvalue weighted by Crippen LogP contribution is 2.26. The van der Waals surface area contributed by atoms with Crippen LogP contribution in [0, 0.1) is 18.2 Å². The summed E-state index contributed by atoms with van der Waals surface area (Å²) in [6, 6.07) is 12.0. The Morgan fingerprint density at radius 2 is 1.87 bits per heavy atom. The molecule has 0 aliphatic rings. The zero-order valence-electron chi connectivity index (χ0n) is 12.5. The fourth-order valence-corrected chi connectivity index (χ4v) is 2.16. The van der Waals surface area contributed by atoms with Crippen LogP contribution in [-0.2, 0) is 10.3 Å². The molecule has 0 aromatic heterocycles. The molecule has 0 bridgehead atoms. The van der Waals surface area contributed by atoms with E-state index in [9.17, 15) is 14.3 Å². The average Bonchev–Trinajstić information content (AvgIpc) is 2.60. The molecule has 0 saturated heterocycles. The third-order valence-corrected chi connectivity index (χ3v) is 3.48. The molecule has 0 radical (unpaired) electrons. The number of hydrogen-bond donors (Lipinski definition) is 2. The summed E-state index contributed by atoms with van der Waals surface area (Å²) in [4.78, 5) is 11.4. The van der Waals surface area contributed by atoms with Gasteiger partial charge in [-0.2, -0.15) is 0 Å². The summed E-state index contributed by atoms with van der Waals surface area (Å²) in [5.74, 6) is 1.69. The molecule has 0 aliphatic heterocycles. The topological polar surface area (TPSA) is 58.6 Å². The summed E-state index contributed by atoms with van der Waals surface area (Å²) >= 11 is 0. The third kappa shape index (κ3) is 3.50. The first-order valence-corrected chi connectivity index (χ1v) is 6.86. The van der Waals surface area contributed by atoms with E-state index in [4.69, 9.17) is 6.42 Å². The van der Waals surface area contributed by atoms with Gasteiger partial charge in [-0.3, -0.25) is 0 Å². The summed E-state index contributed by atoms with van der Waals surface area (Å²) in [7, 11) is 1.30. The predicted octanol–water partition coefficient (Wildman–Crippen LogP) is 2.55. The van der Waals surface area contributed by atoms with Gasteiger partial charge in [0.05, 0.1) is 19.3 Å². The average molecular weight is 313 g/mol. The number of esters is 1. The maximum absolute atomic E-state index is 13.1. The molecule has 1 atom stereocenters. The molecule has 0 amide bonds. The molecule has 0 unspecified atom stereocenters. The Hall–Kier alpha value is -2.84. The fourth-order valence-electron chi connectivity index (χ4n) is 2.16. The van der Waals surface area contributed by atoms with E-state index in [-0.39, 0.29) is 12.4 Å². The van der Waals surface area contributed by atoms with Gasteiger partial charge in [0.1, 0.15) is 11.4 Å². The quantitative estimate of drug-likeness (QED) is 0.658. The van der Waals surface area contributed by atoms with E-state index in [1.54, 1.807) is 24.3 Å². The zero-order valence-corrected chi connectivity index (χ0v) is 12.5. The molecule has 5 heteroatoms. The lowest BCUT2D eigenvalue weighted by molar-refractivity contribution is 0.0601. The number of benzene rings is 2. The van der Waals surface area contributed by atoms with Gasteiger partial charge in [0.25, 0.3) is 0 Å². The summed E-state index contributed by atoms with van der Waals surface area (Å²) < 4.78 is 17.7. The van der Waals surface area contributed by atoms with E-state index in [1.807, 2.05) is 0 Å². The SMILES string of the molecule is C#C[C@@](CO)(Nc1ccc(C(=O)OC)cc1)c1ccc(F)cc1. The van der Waals surface area contributed by atoms with Crippen LogP contribution < -0.4 is 5.32 Å². The van der Waals surface area contributed by atoms with Crippen LogP contribution in [0.5, 0.6) is 0 Å². The number of nitrogens with one attached hydrogen (secondary N) is 1. The van der Waals surface area contributed by atoms with Crippen LogP contribution in [0.25, 0.3) is 0 Å². The van der Waals surface area contributed by atoms with Gasteiger partial charge in [-0.15, -0.1) is 6.42 Å². The van der Waals surface area contributed by atoms with Gasteiger partial charge in [-0.25, -0.2) is 9.18 Å². The van der Waals surface area contributed by atoms with Gasteiger partial charge in [0.2, 0.25) is 0 Å². The lowest BCUT2D eigenvalue weighted by Crippen LogP contribution is -2.37. The van der Waals surface area contributed by atoms with Crippen molar-refractivity contribution in [3.63, 3.8) is 0 Å². The van der Waals surface area contributed by atoms with Crippen molar-refractivity contribution in [2.75, 3.05) is 19.0 Å². The number of ether oxygens (including phenoxy) is 1. The second kappa shape index (κ2) is 6.95. The molecule has 2 aromatic carbocycles. The summed E-state index contributed by atoms with van der Waals surface area (Å²) in [6.07, 6.45) is 5.60. The van der Waals surface area contributed by atoms with Crippen LogP contribution in [0.3, 0.4) is 0 Å². The van der Waals surface area contributed by atoms with Crippen molar-refractivity contribution >= 4 is 11.7 Å². The summed E-state index contributed by atoms with van der Waals surface area (Å²) in [5.41, 5.74) is 0.366. The first kappa shape index (κ1) is 16.5. The molecule has 4 nitrogen and oxygen atoms in total. The number of hydrogen-bond acceptors (Lipinski definition) is 4. The summed E-state index contributed by atoms with van der Waals surface area (Å²) in [6.45, 7) is -0.381. The van der Waals surface area contributed by atoms with E-state index in [2.05, 4.69) is 16.0 Å². The molecule has 0 saturated carbocycles. The Morgan fingerprint density at radius 3 is 2.35 bits per heavy atom. The summed E-state index contributed by atoms with van der Waals surface area (Å²) in [5, 5.41) is 12.8. The Labute approximate surface area is 133 Å². The van der Waals surface area contributed by atoms with Gasteiger partial charge in [0, 0.05) is 5.69 Å². The highest BCUT2D eigenvalue weighted by Gasteiger charge is 2.29. The third-order valence-electron chi connectivity index (χ3n) is 3.48. The van der Waals surface area contributed by atoms with Crippen molar-refractivity contribution in [2.24, 2.45) is 0 Å². The molecule has 23 heavy (non-hydrogen) atoms. The minimum Gasteiger partial charge on any atom is -0.465 e. The van der Waals surface area contributed by atoms with Gasteiger partial charge in [-0.05, 0) is 42.0 Å². The zero-order chi connectivity index (χ0) is 16.9. The first-order chi connectivity index (χ1) is 11.0. The highest BCUT2D eigenvalue weighted by atomic mass is 19.1. The number of terminal acetylenes is 1. The molecular weight excluding hydrogens is 297 g/mol. The second-order valence-corrected chi connectivity index (χ2v) is 4.91. The molecule has 2 aromatic rings. The number of anilines is 1. The van der Waals surface area contributed by atoms with Crippen LogP contribution >= 0.6 is 0 Å². The van der Waals surface area contributed by atoms with Gasteiger partial charge < -0.3 is 15.2 Å². The number of halogens is 1. The number of carbonyl (C=O) groups is 1. The van der Waals surface area contributed by atoms with Crippen LogP contribution in [0.1, 0.15) is 15.9 Å². The van der Waals surface area contributed by atoms with Crippen LogP contribution in [0.2, 0.25) is 0 Å². The highest BCUT2D eigenvalue weighted by molar-refractivity contribution is 5.89. The second-order valence-electron chi connectivity index (χ2n) is 4.91. The lowest BCUT2D eigenvalue weighted by Gasteiger charge is -2.29. The predicted molar refractivity (Wildman–Crippen MR) is 85.4 cm³/mol. The van der Waals surface area contributed by atoms with Crippen molar-refractivity contribution in [3.8, 4) is 12.3 Å². The lowest BCUT2D eigenvalue weighted by atomic mass is 9.91. The number of methoxy groups -OCH3 is 1. The minimum atomic E-state index is -1.19. The number of aliphatic hydroxyl groups excluding tert-OH is 1. The van der Waals surface area contributed by atoms with Crippen molar-refractivity contribution < 1.29 is 19.0 Å². The van der Waals surface area contributed by atoms with Crippen molar-refractivity contribution in [2.45, 2.75) is 5.54 Å². The molecule has 0 aliphatic carbocycles. The molecule has 0 heterocycles. The van der Waals surface area contributed by atoms with Crippen molar-refractivity contribution in [3.05, 3.63) is 65.5 Å². The smallest absolute Gasteiger partial charge is 0.337 e. The Kier molecular flexibility index (Phi) is 4.99. The maximum Gasteiger partial charge on any atom is 0.337 e. The van der Waals surface area contributed by atoms with E-state index < -0.39 is 11.5 Å². The minimum absolute atomic E-state index is 0.381. The van der Waals surface area contributed by atoms with Gasteiger partial charge in [0.15, 0.2) is 0 Å². The van der Waals surface area contributed by atoms with Crippen molar-refractivity contribution in [1.82, 2.24) is 0 Å². The molecule has 118 valence electrons. The van der Waals surface area contributed by atoms with E-state index >= 15 is 0 Å². The number of aliphatic hydroxyl groups is 1. The van der Waals surface area contributed by atoms with Crippen LogP contribution in [0.15, 0.2) is 48.5 Å². The fraction of sp³-hybridized carbons (Fsp3) is 0.167. The monoisotopic (exact) mass is 313 g/mol. The van der Waals surface area contributed by atoms with E-state index in [1.165, 1.54) is 31.4 Å². The molecule has 0 spiro atoms. The Morgan fingerprint density at radius 1 is 1.26 bits per heavy atom. The van der Waals surface area contributed by atoms with Crippen LogP contribution in [-0.4, -0.2) is 24.8 Å². The first-order valence-electron chi connectivity index (χ1n) is 6.86. The molecular formula is C18H16FNO3. The molecule has 0 fully saturated rings. The normalized spacial score (nSPS) is 12.8. The Balaban J connectivity index is 2.31. The number of carbonyl (C=O) groups excluding carboxylic acids is 1. The maximum atomic E-state index is 13.1. The molecule has 2 rings (SSSR count). The van der Waals surface area contributed by atoms with Gasteiger partial charge >= 0.3 is 5.97 Å². The van der Waals surface area contributed by atoms with Crippen molar-refractivity contribution in [1.29, 1.82) is 0 Å². The van der Waals surface area contributed by atoms with Crippen LogP contribution in [0.4, 0.5) is 10.1 Å². The Bertz CT molecular complexity index is 719.